The van der Waals surface area contributed by atoms with Crippen molar-refractivity contribution in [3.05, 3.63) is 95.0 Å². The zero-order valence-electron chi connectivity index (χ0n) is 23.0. The lowest BCUT2D eigenvalue weighted by molar-refractivity contribution is -0.141. The minimum Gasteiger partial charge on any atom is -0.495 e. The molecule has 3 aromatic carbocycles. The molecule has 0 aromatic heterocycles. The molecule has 0 aliphatic carbocycles. The van der Waals surface area contributed by atoms with Gasteiger partial charge < -0.3 is 15.0 Å². The summed E-state index contributed by atoms with van der Waals surface area (Å²) >= 11 is 6.24. The van der Waals surface area contributed by atoms with Gasteiger partial charge in [0.2, 0.25) is 21.8 Å². The summed E-state index contributed by atoms with van der Waals surface area (Å²) in [5.41, 5.74) is 2.21. The Balaban J connectivity index is 1.84. The Kier molecular flexibility index (Phi) is 11.4. The number of benzene rings is 3. The fraction of sp³-hybridized carbons (Fsp3) is 0.333. The molecule has 8 nitrogen and oxygen atoms in total. The number of amides is 2. The molecule has 0 aliphatic heterocycles. The van der Waals surface area contributed by atoms with Gasteiger partial charge in [0.05, 0.1) is 24.1 Å². The predicted molar refractivity (Wildman–Crippen MR) is 159 cm³/mol. The van der Waals surface area contributed by atoms with Crippen molar-refractivity contribution in [2.75, 3.05) is 30.8 Å². The molecule has 0 spiro atoms. The topological polar surface area (TPSA) is 96.0 Å². The number of carbonyl (C=O) groups is 2. The summed E-state index contributed by atoms with van der Waals surface area (Å²) in [4.78, 5) is 28.6. The number of sulfonamides is 1. The third-order valence-electron chi connectivity index (χ3n) is 6.39. The summed E-state index contributed by atoms with van der Waals surface area (Å²) in [6, 6.07) is 23.1. The second-order valence-electron chi connectivity index (χ2n) is 9.36. The Hall–Kier alpha value is -3.56. The highest BCUT2D eigenvalue weighted by Gasteiger charge is 2.30. The fourth-order valence-electron chi connectivity index (χ4n) is 4.44. The summed E-state index contributed by atoms with van der Waals surface area (Å²) in [6.45, 7) is 2.59. The van der Waals surface area contributed by atoms with Gasteiger partial charge >= 0.3 is 0 Å². The summed E-state index contributed by atoms with van der Waals surface area (Å²) < 4.78 is 31.6. The summed E-state index contributed by atoms with van der Waals surface area (Å²) in [7, 11) is -2.17. The number of anilines is 1. The number of hydrogen-bond donors (Lipinski definition) is 1. The van der Waals surface area contributed by atoms with Crippen LogP contribution in [0.4, 0.5) is 5.69 Å². The maximum atomic E-state index is 13.7. The molecule has 2 amide bonds. The van der Waals surface area contributed by atoms with Crippen LogP contribution in [-0.4, -0.2) is 57.6 Å². The Morgan fingerprint density at radius 3 is 2.15 bits per heavy atom. The van der Waals surface area contributed by atoms with Crippen LogP contribution >= 0.6 is 11.6 Å². The van der Waals surface area contributed by atoms with Crippen molar-refractivity contribution in [2.45, 2.75) is 38.8 Å². The number of methoxy groups -OCH3 is 1. The molecule has 0 aliphatic rings. The second kappa shape index (κ2) is 14.7. The highest BCUT2D eigenvalue weighted by atomic mass is 35.5. The lowest BCUT2D eigenvalue weighted by Gasteiger charge is -2.32. The van der Waals surface area contributed by atoms with Gasteiger partial charge in [-0.2, -0.15) is 0 Å². The van der Waals surface area contributed by atoms with Gasteiger partial charge in [-0.1, -0.05) is 72.3 Å². The monoisotopic (exact) mass is 585 g/mol. The van der Waals surface area contributed by atoms with E-state index in [0.717, 1.165) is 17.4 Å². The van der Waals surface area contributed by atoms with Crippen LogP contribution in [0.3, 0.4) is 0 Å². The third-order valence-corrected chi connectivity index (χ3v) is 7.88. The van der Waals surface area contributed by atoms with Crippen molar-refractivity contribution in [3.8, 4) is 5.75 Å². The molecule has 214 valence electrons. The molecule has 0 saturated heterocycles. The smallest absolute Gasteiger partial charge is 0.243 e. The maximum absolute atomic E-state index is 13.7. The van der Waals surface area contributed by atoms with Gasteiger partial charge in [-0.15, -0.1) is 0 Å². The first-order valence-electron chi connectivity index (χ1n) is 13.1. The predicted octanol–water partition coefficient (Wildman–Crippen LogP) is 4.67. The SMILES string of the molecule is CCNC(=O)[C@@H](Cc1ccccc1)N(Cc1ccccc1)C(=O)CCCN(c1ccc(OC)c(Cl)c1)S(C)(=O)=O. The largest absolute Gasteiger partial charge is 0.495 e. The van der Waals surface area contributed by atoms with E-state index in [2.05, 4.69) is 5.32 Å². The van der Waals surface area contributed by atoms with Crippen LogP contribution < -0.4 is 14.4 Å². The molecular formula is C30H36ClN3O5S. The first-order valence-corrected chi connectivity index (χ1v) is 15.3. The number of nitrogens with zero attached hydrogens (tertiary/aromatic N) is 2. The number of hydrogen-bond acceptors (Lipinski definition) is 5. The number of ether oxygens (including phenoxy) is 1. The number of halogens is 1. The molecule has 0 fully saturated rings. The van der Waals surface area contributed by atoms with E-state index < -0.39 is 16.1 Å². The average Bonchev–Trinajstić information content (AvgIpc) is 2.93. The Morgan fingerprint density at radius 1 is 0.975 bits per heavy atom. The number of carbonyl (C=O) groups excluding carboxylic acids is 2. The van der Waals surface area contributed by atoms with Crippen LogP contribution in [0.5, 0.6) is 5.75 Å². The van der Waals surface area contributed by atoms with E-state index in [1.165, 1.54) is 17.5 Å². The minimum atomic E-state index is -3.65. The molecule has 3 rings (SSSR count). The van der Waals surface area contributed by atoms with Crippen molar-refractivity contribution in [3.63, 3.8) is 0 Å². The Bertz CT molecular complexity index is 1370. The number of rotatable bonds is 14. The number of likely N-dealkylation sites (N-methyl/N-ethyl adjacent to an activating group) is 1. The first kappa shape index (κ1) is 31.0. The first-order chi connectivity index (χ1) is 19.1. The minimum absolute atomic E-state index is 0.0490. The van der Waals surface area contributed by atoms with Gasteiger partial charge in [0.25, 0.3) is 0 Å². The highest BCUT2D eigenvalue weighted by molar-refractivity contribution is 7.92. The van der Waals surface area contributed by atoms with Crippen LogP contribution in [-0.2, 0) is 32.6 Å². The van der Waals surface area contributed by atoms with Crippen molar-refractivity contribution in [2.24, 2.45) is 0 Å². The standard InChI is InChI=1S/C30H36ClN3O5S/c1-4-32-30(36)27(20-23-12-7-5-8-13-23)33(22-24-14-9-6-10-15-24)29(35)16-11-19-34(40(3,37)38)25-17-18-28(39-2)26(31)21-25/h5-10,12-15,17-18,21,27H,4,11,16,19-20,22H2,1-3H3,(H,32,36)/t27-/m1/s1. The van der Waals surface area contributed by atoms with Gasteiger partial charge in [-0.3, -0.25) is 13.9 Å². The van der Waals surface area contributed by atoms with Crippen molar-refractivity contribution >= 4 is 39.1 Å². The van der Waals surface area contributed by atoms with Gasteiger partial charge in [-0.25, -0.2) is 8.42 Å². The lowest BCUT2D eigenvalue weighted by atomic mass is 10.0. The Morgan fingerprint density at radius 2 is 1.60 bits per heavy atom. The van der Waals surface area contributed by atoms with Gasteiger partial charge in [0.1, 0.15) is 11.8 Å². The van der Waals surface area contributed by atoms with Crippen LogP contribution in [0, 0.1) is 0 Å². The van der Waals surface area contributed by atoms with E-state index in [9.17, 15) is 18.0 Å². The molecule has 40 heavy (non-hydrogen) atoms. The zero-order chi connectivity index (χ0) is 29.1. The molecule has 0 radical (unpaired) electrons. The van der Waals surface area contributed by atoms with Gasteiger partial charge in [-0.05, 0) is 42.7 Å². The molecule has 0 unspecified atom stereocenters. The summed E-state index contributed by atoms with van der Waals surface area (Å²) in [5.74, 6) is -0.0427. The van der Waals surface area contributed by atoms with E-state index in [1.807, 2.05) is 67.6 Å². The molecule has 0 saturated carbocycles. The second-order valence-corrected chi connectivity index (χ2v) is 11.7. The van der Waals surface area contributed by atoms with Crippen molar-refractivity contribution in [1.29, 1.82) is 0 Å². The molecule has 1 atom stereocenters. The van der Waals surface area contributed by atoms with Gasteiger partial charge in [0.15, 0.2) is 0 Å². The van der Waals surface area contributed by atoms with Crippen LogP contribution in [0.15, 0.2) is 78.9 Å². The van der Waals surface area contributed by atoms with E-state index in [1.54, 1.807) is 17.0 Å². The molecule has 0 bridgehead atoms. The maximum Gasteiger partial charge on any atom is 0.243 e. The van der Waals surface area contributed by atoms with E-state index in [0.29, 0.717) is 24.4 Å². The third kappa shape index (κ3) is 8.72. The Labute approximate surface area is 241 Å². The fourth-order valence-corrected chi connectivity index (χ4v) is 5.65. The number of nitrogens with one attached hydrogen (secondary N) is 1. The molecule has 3 aromatic rings. The van der Waals surface area contributed by atoms with Crippen LogP contribution in [0.25, 0.3) is 0 Å². The van der Waals surface area contributed by atoms with Crippen LogP contribution in [0.2, 0.25) is 5.02 Å². The lowest BCUT2D eigenvalue weighted by Crippen LogP contribution is -2.50. The molecule has 1 N–H and O–H groups in total. The van der Waals surface area contributed by atoms with Crippen LogP contribution in [0.1, 0.15) is 30.9 Å². The van der Waals surface area contributed by atoms with Crippen molar-refractivity contribution < 1.29 is 22.7 Å². The average molecular weight is 586 g/mol. The van der Waals surface area contributed by atoms with E-state index >= 15 is 0 Å². The highest BCUT2D eigenvalue weighted by Crippen LogP contribution is 2.30. The molecular weight excluding hydrogens is 550 g/mol. The van der Waals surface area contributed by atoms with E-state index in [4.69, 9.17) is 16.3 Å². The van der Waals surface area contributed by atoms with Crippen molar-refractivity contribution in [1.82, 2.24) is 10.2 Å². The summed E-state index contributed by atoms with van der Waals surface area (Å²) in [5, 5.41) is 3.16. The molecule has 10 heteroatoms. The summed E-state index contributed by atoms with van der Waals surface area (Å²) in [6.07, 6.45) is 1.76. The normalized spacial score (nSPS) is 11.9. The quantitative estimate of drug-likeness (QED) is 0.297. The zero-order valence-corrected chi connectivity index (χ0v) is 24.6. The van der Waals surface area contributed by atoms with Gasteiger partial charge in [0, 0.05) is 32.5 Å². The molecule has 0 heterocycles. The van der Waals surface area contributed by atoms with E-state index in [-0.39, 0.29) is 42.8 Å².